The first-order valence-electron chi connectivity index (χ1n) is 7.23. The van der Waals surface area contributed by atoms with Crippen LogP contribution in [0.25, 0.3) is 0 Å². The average Bonchev–Trinajstić information content (AvgIpc) is 2.55. The van der Waals surface area contributed by atoms with E-state index >= 15 is 0 Å². The molecule has 2 heterocycles. The number of aliphatic hydroxyl groups is 1. The number of rotatable bonds is 1. The van der Waals surface area contributed by atoms with Crippen molar-refractivity contribution < 1.29 is 5.11 Å². The Hall–Kier alpha value is -2.09. The van der Waals surface area contributed by atoms with Crippen molar-refractivity contribution in [1.29, 1.82) is 0 Å². The minimum atomic E-state index is -0.207. The van der Waals surface area contributed by atoms with E-state index < -0.39 is 0 Å². The van der Waals surface area contributed by atoms with Crippen LogP contribution in [0.5, 0.6) is 0 Å². The Morgan fingerprint density at radius 2 is 1.86 bits per heavy atom. The van der Waals surface area contributed by atoms with Crippen molar-refractivity contribution in [1.82, 2.24) is 9.97 Å². The maximum absolute atomic E-state index is 9.62. The van der Waals surface area contributed by atoms with E-state index in [1.54, 1.807) is 6.20 Å². The maximum Gasteiger partial charge on any atom is 0.147 e. The Balaban J connectivity index is 1.84. The quantitative estimate of drug-likeness (QED) is 0.822. The SMILES string of the molecule is OC1CCN(c2ncncc2C#Cc2ccc(Cl)cc2)CC1. The fourth-order valence-corrected chi connectivity index (χ4v) is 2.54. The number of hydrogen-bond acceptors (Lipinski definition) is 4. The van der Waals surface area contributed by atoms with Gasteiger partial charge in [0.25, 0.3) is 0 Å². The predicted octanol–water partition coefficient (Wildman–Crippen LogP) is 2.49. The summed E-state index contributed by atoms with van der Waals surface area (Å²) in [5, 5.41) is 10.3. The molecule has 1 fully saturated rings. The lowest BCUT2D eigenvalue weighted by Gasteiger charge is -2.30. The molecule has 2 aromatic rings. The van der Waals surface area contributed by atoms with Gasteiger partial charge in [-0.15, -0.1) is 0 Å². The molecule has 1 aliphatic heterocycles. The molecule has 1 aromatic heterocycles. The average molecular weight is 314 g/mol. The van der Waals surface area contributed by atoms with Gasteiger partial charge in [0.1, 0.15) is 12.1 Å². The van der Waals surface area contributed by atoms with E-state index in [0.717, 1.165) is 42.9 Å². The Labute approximate surface area is 134 Å². The largest absolute Gasteiger partial charge is 0.393 e. The molecule has 5 heteroatoms. The van der Waals surface area contributed by atoms with E-state index in [0.29, 0.717) is 5.02 Å². The molecular formula is C17H16ClN3O. The van der Waals surface area contributed by atoms with Crippen LogP contribution in [0.3, 0.4) is 0 Å². The molecular weight excluding hydrogens is 298 g/mol. The molecule has 1 N–H and O–H groups in total. The predicted molar refractivity (Wildman–Crippen MR) is 86.9 cm³/mol. The topological polar surface area (TPSA) is 49.2 Å². The van der Waals surface area contributed by atoms with Crippen molar-refractivity contribution >= 4 is 17.4 Å². The van der Waals surface area contributed by atoms with Gasteiger partial charge in [-0.05, 0) is 37.1 Å². The fraction of sp³-hybridized carbons (Fsp3) is 0.294. The van der Waals surface area contributed by atoms with Crippen LogP contribution in [0.4, 0.5) is 5.82 Å². The molecule has 0 radical (unpaired) electrons. The van der Waals surface area contributed by atoms with E-state index in [1.807, 2.05) is 24.3 Å². The summed E-state index contributed by atoms with van der Waals surface area (Å²) in [6, 6.07) is 7.41. The summed E-state index contributed by atoms with van der Waals surface area (Å²) >= 11 is 5.87. The van der Waals surface area contributed by atoms with Crippen LogP contribution < -0.4 is 4.90 Å². The number of piperidine rings is 1. The monoisotopic (exact) mass is 313 g/mol. The normalized spacial score (nSPS) is 15.3. The molecule has 0 amide bonds. The summed E-state index contributed by atoms with van der Waals surface area (Å²) in [5.41, 5.74) is 1.70. The highest BCUT2D eigenvalue weighted by molar-refractivity contribution is 6.30. The van der Waals surface area contributed by atoms with Gasteiger partial charge in [-0.25, -0.2) is 9.97 Å². The summed E-state index contributed by atoms with van der Waals surface area (Å²) in [6.07, 6.45) is 4.58. The minimum Gasteiger partial charge on any atom is -0.393 e. The molecule has 0 bridgehead atoms. The van der Waals surface area contributed by atoms with Gasteiger partial charge in [-0.3, -0.25) is 0 Å². The van der Waals surface area contributed by atoms with Gasteiger partial charge in [-0.1, -0.05) is 23.4 Å². The van der Waals surface area contributed by atoms with Gasteiger partial charge in [0.15, 0.2) is 0 Å². The second-order valence-corrected chi connectivity index (χ2v) is 5.67. The van der Waals surface area contributed by atoms with Gasteiger partial charge in [0.2, 0.25) is 0 Å². The molecule has 0 spiro atoms. The third-order valence-corrected chi connectivity index (χ3v) is 3.89. The summed E-state index contributed by atoms with van der Waals surface area (Å²) in [6.45, 7) is 1.57. The van der Waals surface area contributed by atoms with E-state index in [4.69, 9.17) is 11.6 Å². The molecule has 22 heavy (non-hydrogen) atoms. The highest BCUT2D eigenvalue weighted by Crippen LogP contribution is 2.20. The van der Waals surface area contributed by atoms with Gasteiger partial charge in [-0.2, -0.15) is 0 Å². The van der Waals surface area contributed by atoms with Gasteiger partial charge in [0, 0.05) is 29.9 Å². The summed E-state index contributed by atoms with van der Waals surface area (Å²) in [7, 11) is 0. The second-order valence-electron chi connectivity index (χ2n) is 5.24. The van der Waals surface area contributed by atoms with Crippen LogP contribution in [-0.4, -0.2) is 34.3 Å². The van der Waals surface area contributed by atoms with Crippen LogP contribution in [-0.2, 0) is 0 Å². The first-order valence-corrected chi connectivity index (χ1v) is 7.61. The van der Waals surface area contributed by atoms with E-state index in [-0.39, 0.29) is 6.10 Å². The van der Waals surface area contributed by atoms with Crippen LogP contribution in [0, 0.1) is 11.8 Å². The van der Waals surface area contributed by atoms with E-state index in [2.05, 4.69) is 26.7 Å². The number of aromatic nitrogens is 2. The molecule has 0 saturated carbocycles. The van der Waals surface area contributed by atoms with Crippen LogP contribution in [0.2, 0.25) is 5.02 Å². The highest BCUT2D eigenvalue weighted by atomic mass is 35.5. The van der Waals surface area contributed by atoms with Gasteiger partial charge < -0.3 is 10.0 Å². The molecule has 1 aliphatic rings. The summed E-state index contributed by atoms with van der Waals surface area (Å²) < 4.78 is 0. The molecule has 0 unspecified atom stereocenters. The van der Waals surface area contributed by atoms with Crippen molar-refractivity contribution in [3.05, 3.63) is 52.9 Å². The molecule has 3 rings (SSSR count). The number of aliphatic hydroxyl groups excluding tert-OH is 1. The third-order valence-electron chi connectivity index (χ3n) is 3.64. The Morgan fingerprint density at radius 3 is 2.59 bits per heavy atom. The molecule has 1 saturated heterocycles. The highest BCUT2D eigenvalue weighted by Gasteiger charge is 2.19. The van der Waals surface area contributed by atoms with Crippen molar-refractivity contribution in [2.75, 3.05) is 18.0 Å². The molecule has 4 nitrogen and oxygen atoms in total. The van der Waals surface area contributed by atoms with Crippen molar-refractivity contribution in [3.63, 3.8) is 0 Å². The lowest BCUT2D eigenvalue weighted by atomic mass is 10.1. The maximum atomic E-state index is 9.62. The Morgan fingerprint density at radius 1 is 1.14 bits per heavy atom. The zero-order chi connectivity index (χ0) is 15.4. The Kier molecular flexibility index (Phi) is 4.57. The zero-order valence-corrected chi connectivity index (χ0v) is 12.8. The third kappa shape index (κ3) is 3.56. The van der Waals surface area contributed by atoms with Crippen LogP contribution in [0.1, 0.15) is 24.0 Å². The molecule has 0 atom stereocenters. The molecule has 112 valence electrons. The number of anilines is 1. The smallest absolute Gasteiger partial charge is 0.147 e. The lowest BCUT2D eigenvalue weighted by molar-refractivity contribution is 0.145. The number of benzene rings is 1. The summed E-state index contributed by atoms with van der Waals surface area (Å²) in [5.74, 6) is 7.08. The number of nitrogens with zero attached hydrogens (tertiary/aromatic N) is 3. The van der Waals surface area contributed by atoms with Gasteiger partial charge in [0.05, 0.1) is 11.7 Å². The van der Waals surface area contributed by atoms with E-state index in [9.17, 15) is 5.11 Å². The van der Waals surface area contributed by atoms with Gasteiger partial charge >= 0.3 is 0 Å². The van der Waals surface area contributed by atoms with E-state index in [1.165, 1.54) is 6.33 Å². The minimum absolute atomic E-state index is 0.207. The van der Waals surface area contributed by atoms with Crippen LogP contribution in [0.15, 0.2) is 36.8 Å². The number of halogens is 1. The second kappa shape index (κ2) is 6.78. The summed E-state index contributed by atoms with van der Waals surface area (Å²) in [4.78, 5) is 10.6. The standard InChI is InChI=1S/C17H16ClN3O/c18-15-5-2-13(3-6-15)1-4-14-11-19-12-20-17(14)21-9-7-16(22)8-10-21/h2-3,5-6,11-12,16,22H,7-10H2. The first-order chi connectivity index (χ1) is 10.7. The first kappa shape index (κ1) is 14.8. The molecule has 1 aromatic carbocycles. The molecule has 0 aliphatic carbocycles. The number of hydrogen-bond donors (Lipinski definition) is 1. The van der Waals surface area contributed by atoms with Crippen molar-refractivity contribution in [2.24, 2.45) is 0 Å². The lowest BCUT2D eigenvalue weighted by Crippen LogP contribution is -2.36. The van der Waals surface area contributed by atoms with Crippen molar-refractivity contribution in [3.8, 4) is 11.8 Å². The van der Waals surface area contributed by atoms with Crippen molar-refractivity contribution in [2.45, 2.75) is 18.9 Å². The van der Waals surface area contributed by atoms with Crippen LogP contribution >= 0.6 is 11.6 Å². The zero-order valence-electron chi connectivity index (χ0n) is 12.0. The fourth-order valence-electron chi connectivity index (χ4n) is 2.41. The Bertz CT molecular complexity index is 698.